The lowest BCUT2D eigenvalue weighted by molar-refractivity contribution is 0.0935. The Balaban J connectivity index is 1.40. The molecule has 6 heteroatoms. The van der Waals surface area contributed by atoms with E-state index in [1.54, 1.807) is 35.8 Å². The molecule has 142 valence electrons. The topological polar surface area (TPSA) is 42.0 Å². The molecule has 3 nitrogen and oxygen atoms in total. The Labute approximate surface area is 172 Å². The molecule has 0 radical (unpaired) electrons. The molecule has 3 aromatic rings. The van der Waals surface area contributed by atoms with E-state index in [1.165, 1.54) is 12.1 Å². The number of benzene rings is 2. The van der Waals surface area contributed by atoms with Gasteiger partial charge in [0.05, 0.1) is 6.04 Å². The van der Waals surface area contributed by atoms with Crippen molar-refractivity contribution >= 4 is 29.4 Å². The molecule has 1 aliphatic rings. The number of nitrogens with zero attached hydrogens (tertiary/aromatic N) is 1. The highest BCUT2D eigenvalue weighted by atomic mass is 32.2. The molecule has 4 rings (SSSR count). The molecule has 0 bridgehead atoms. The zero-order chi connectivity index (χ0) is 19.3. The maximum absolute atomic E-state index is 13.6. The van der Waals surface area contributed by atoms with Crippen LogP contribution in [0.5, 0.6) is 0 Å². The molecule has 1 aromatic heterocycles. The lowest BCUT2D eigenvalue weighted by Crippen LogP contribution is -2.30. The fourth-order valence-corrected chi connectivity index (χ4v) is 5.05. The van der Waals surface area contributed by atoms with Gasteiger partial charge in [-0.25, -0.2) is 4.39 Å². The second kappa shape index (κ2) is 8.80. The van der Waals surface area contributed by atoms with Crippen LogP contribution in [-0.4, -0.2) is 16.6 Å². The van der Waals surface area contributed by atoms with E-state index in [4.69, 9.17) is 0 Å². The summed E-state index contributed by atoms with van der Waals surface area (Å²) in [5.41, 5.74) is 2.64. The van der Waals surface area contributed by atoms with Gasteiger partial charge in [0.1, 0.15) is 5.82 Å². The Kier molecular flexibility index (Phi) is 5.98. The number of carbonyl (C=O) groups is 1. The Hall–Kier alpha value is -2.31. The van der Waals surface area contributed by atoms with E-state index in [0.29, 0.717) is 5.56 Å². The minimum atomic E-state index is -0.268. The predicted octanol–water partition coefficient (Wildman–Crippen LogP) is 5.48. The lowest BCUT2D eigenvalue weighted by Gasteiger charge is -2.26. The highest BCUT2D eigenvalue weighted by Gasteiger charge is 2.23. The molecule has 1 N–H and O–H groups in total. The second-order valence-corrected chi connectivity index (χ2v) is 8.71. The summed E-state index contributed by atoms with van der Waals surface area (Å²) >= 11 is 3.41. The molecule has 1 aliphatic heterocycles. The minimum Gasteiger partial charge on any atom is -0.345 e. The number of carbonyl (C=O) groups excluding carboxylic acids is 1. The number of amides is 1. The van der Waals surface area contributed by atoms with Crippen LogP contribution >= 0.6 is 23.5 Å². The van der Waals surface area contributed by atoms with Gasteiger partial charge in [0.15, 0.2) is 0 Å². The fraction of sp³-hybridized carbons (Fsp3) is 0.182. The number of aromatic nitrogens is 1. The average molecular weight is 411 g/mol. The van der Waals surface area contributed by atoms with Crippen LogP contribution in [0.15, 0.2) is 76.8 Å². The van der Waals surface area contributed by atoms with E-state index in [9.17, 15) is 9.18 Å². The van der Waals surface area contributed by atoms with E-state index in [-0.39, 0.29) is 17.8 Å². The summed E-state index contributed by atoms with van der Waals surface area (Å²) in [7, 11) is 0. The lowest BCUT2D eigenvalue weighted by atomic mass is 10.0. The van der Waals surface area contributed by atoms with Crippen LogP contribution in [0.2, 0.25) is 0 Å². The maximum atomic E-state index is 13.6. The number of thioether (sulfide) groups is 2. The van der Waals surface area contributed by atoms with E-state index < -0.39 is 0 Å². The maximum Gasteiger partial charge on any atom is 0.251 e. The molecule has 2 heterocycles. The van der Waals surface area contributed by atoms with Gasteiger partial charge in [-0.15, -0.1) is 23.5 Å². The third-order valence-electron chi connectivity index (χ3n) is 4.56. The first kappa shape index (κ1) is 19.0. The molecule has 1 atom stereocenters. The number of pyridine rings is 1. The first-order chi connectivity index (χ1) is 13.7. The van der Waals surface area contributed by atoms with Crippen molar-refractivity contribution in [1.82, 2.24) is 10.3 Å². The van der Waals surface area contributed by atoms with E-state index in [0.717, 1.165) is 38.8 Å². The number of fused-ring (bicyclic) bond motifs is 1. The molecule has 0 fully saturated rings. The Morgan fingerprint density at radius 2 is 2.07 bits per heavy atom. The predicted molar refractivity (Wildman–Crippen MR) is 112 cm³/mol. The molecular formula is C22H19FN2OS2. The third-order valence-corrected chi connectivity index (χ3v) is 6.77. The summed E-state index contributed by atoms with van der Waals surface area (Å²) in [6, 6.07) is 16.2. The van der Waals surface area contributed by atoms with Gasteiger partial charge in [0.25, 0.3) is 5.91 Å². The van der Waals surface area contributed by atoms with Crippen molar-refractivity contribution in [2.75, 3.05) is 5.75 Å². The molecule has 0 saturated carbocycles. The van der Waals surface area contributed by atoms with Crippen molar-refractivity contribution in [3.8, 4) is 0 Å². The van der Waals surface area contributed by atoms with Crippen molar-refractivity contribution < 1.29 is 9.18 Å². The molecule has 0 saturated heterocycles. The second-order valence-electron chi connectivity index (χ2n) is 6.52. The Morgan fingerprint density at radius 1 is 1.21 bits per heavy atom. The van der Waals surface area contributed by atoms with Gasteiger partial charge >= 0.3 is 0 Å². The Morgan fingerprint density at radius 3 is 2.86 bits per heavy atom. The Bertz CT molecular complexity index is 964. The summed E-state index contributed by atoms with van der Waals surface area (Å²) in [6.07, 6.45) is 4.42. The van der Waals surface area contributed by atoms with Gasteiger partial charge in [0.2, 0.25) is 0 Å². The average Bonchev–Trinajstić information content (AvgIpc) is 2.74. The summed E-state index contributed by atoms with van der Waals surface area (Å²) in [5, 5.41) is 3.06. The van der Waals surface area contributed by atoms with Crippen molar-refractivity contribution in [3.63, 3.8) is 0 Å². The van der Waals surface area contributed by atoms with Gasteiger partial charge in [-0.2, -0.15) is 0 Å². The highest BCUT2D eigenvalue weighted by Crippen LogP contribution is 2.36. The van der Waals surface area contributed by atoms with Gasteiger partial charge in [-0.3, -0.25) is 9.78 Å². The molecule has 1 unspecified atom stereocenters. The first-order valence-corrected chi connectivity index (χ1v) is 11.0. The van der Waals surface area contributed by atoms with Crippen LogP contribution in [0.4, 0.5) is 4.39 Å². The van der Waals surface area contributed by atoms with Crippen LogP contribution in [0.3, 0.4) is 0 Å². The largest absolute Gasteiger partial charge is 0.345 e. The monoisotopic (exact) mass is 410 g/mol. The van der Waals surface area contributed by atoms with E-state index in [2.05, 4.69) is 10.3 Å². The van der Waals surface area contributed by atoms with Gasteiger partial charge < -0.3 is 5.32 Å². The van der Waals surface area contributed by atoms with Gasteiger partial charge in [-0.05, 0) is 66.1 Å². The molecule has 1 amide bonds. The SMILES string of the molecule is O=C(NC1CCSc2ccc(F)cc21)c1ccc(SCc2cccnc2)cc1. The smallest absolute Gasteiger partial charge is 0.251 e. The normalized spacial score (nSPS) is 15.7. The molecular weight excluding hydrogens is 391 g/mol. The first-order valence-electron chi connectivity index (χ1n) is 9.04. The fourth-order valence-electron chi connectivity index (χ4n) is 3.11. The van der Waals surface area contributed by atoms with Crippen molar-refractivity contribution in [2.45, 2.75) is 28.0 Å². The van der Waals surface area contributed by atoms with E-state index >= 15 is 0 Å². The van der Waals surface area contributed by atoms with Crippen LogP contribution in [0.25, 0.3) is 0 Å². The molecule has 0 aliphatic carbocycles. The van der Waals surface area contributed by atoms with Crippen LogP contribution in [0.1, 0.15) is 33.9 Å². The third kappa shape index (κ3) is 4.56. The number of hydrogen-bond acceptors (Lipinski definition) is 4. The zero-order valence-electron chi connectivity index (χ0n) is 15.1. The van der Waals surface area contributed by atoms with Gasteiger partial charge in [0, 0.05) is 39.3 Å². The minimum absolute atomic E-state index is 0.129. The summed E-state index contributed by atoms with van der Waals surface area (Å²) in [6.45, 7) is 0. The van der Waals surface area contributed by atoms with E-state index in [1.807, 2.05) is 42.6 Å². The van der Waals surface area contributed by atoms with Crippen molar-refractivity contribution in [1.29, 1.82) is 0 Å². The molecule has 28 heavy (non-hydrogen) atoms. The number of hydrogen-bond donors (Lipinski definition) is 1. The highest BCUT2D eigenvalue weighted by molar-refractivity contribution is 7.99. The van der Waals surface area contributed by atoms with Crippen LogP contribution in [0, 0.1) is 5.82 Å². The van der Waals surface area contributed by atoms with Crippen LogP contribution in [-0.2, 0) is 5.75 Å². The van der Waals surface area contributed by atoms with Crippen molar-refractivity contribution in [2.24, 2.45) is 0 Å². The number of halogens is 1. The molecule has 0 spiro atoms. The number of rotatable bonds is 5. The van der Waals surface area contributed by atoms with Crippen molar-refractivity contribution in [3.05, 3.63) is 89.5 Å². The summed E-state index contributed by atoms with van der Waals surface area (Å²) in [5.74, 6) is 1.35. The van der Waals surface area contributed by atoms with Gasteiger partial charge in [-0.1, -0.05) is 6.07 Å². The summed E-state index contributed by atoms with van der Waals surface area (Å²) < 4.78 is 13.6. The quantitative estimate of drug-likeness (QED) is 0.566. The van der Waals surface area contributed by atoms with Crippen LogP contribution < -0.4 is 5.32 Å². The zero-order valence-corrected chi connectivity index (χ0v) is 16.7. The molecule has 2 aromatic carbocycles. The standard InChI is InChI=1S/C22H19FN2OS2/c23-17-5-8-21-19(12-17)20(9-11-27-21)25-22(26)16-3-6-18(7-4-16)28-14-15-2-1-10-24-13-15/h1-8,10,12-13,20H,9,11,14H2,(H,25,26). The summed E-state index contributed by atoms with van der Waals surface area (Å²) in [4.78, 5) is 18.9. The number of nitrogens with one attached hydrogen (secondary N) is 1.